The van der Waals surface area contributed by atoms with Crippen LogP contribution in [0.1, 0.15) is 33.1 Å². The van der Waals surface area contributed by atoms with Crippen molar-refractivity contribution in [2.75, 3.05) is 12.1 Å². The summed E-state index contributed by atoms with van der Waals surface area (Å²) in [5.41, 5.74) is 6.93. The Morgan fingerprint density at radius 1 is 1.24 bits per heavy atom. The second-order valence-electron chi connectivity index (χ2n) is 8.35. The number of fused-ring (bicyclic) bond motifs is 1. The van der Waals surface area contributed by atoms with Crippen LogP contribution in [0, 0.1) is 0 Å². The van der Waals surface area contributed by atoms with E-state index in [2.05, 4.69) is 20.0 Å². The largest absolute Gasteiger partial charge is 0.461 e. The third-order valence-electron chi connectivity index (χ3n) is 5.49. The van der Waals surface area contributed by atoms with Crippen molar-refractivity contribution in [1.29, 1.82) is 0 Å². The molecule has 2 aromatic heterocycles. The van der Waals surface area contributed by atoms with Crippen molar-refractivity contribution in [3.05, 3.63) is 43.0 Å². The van der Waals surface area contributed by atoms with Crippen LogP contribution in [-0.4, -0.2) is 50.1 Å². The molecule has 4 rings (SSSR count). The lowest BCUT2D eigenvalue weighted by molar-refractivity contribution is -0.154. The average molecular weight is 488 g/mol. The number of carbonyl (C=O) groups excluding carboxylic acids is 1. The van der Waals surface area contributed by atoms with Crippen LogP contribution in [0.25, 0.3) is 11.2 Å². The highest BCUT2D eigenvalue weighted by atomic mass is 31.2. The van der Waals surface area contributed by atoms with Crippen molar-refractivity contribution in [2.45, 2.75) is 57.9 Å². The van der Waals surface area contributed by atoms with Gasteiger partial charge in [0.2, 0.25) is 0 Å². The van der Waals surface area contributed by atoms with Crippen molar-refractivity contribution in [2.24, 2.45) is 0 Å². The number of hydrogen-bond acceptors (Lipinski definition) is 9. The average Bonchev–Trinajstić information content (AvgIpc) is 3.19. The fourth-order valence-electron chi connectivity index (χ4n) is 3.43. The summed E-state index contributed by atoms with van der Waals surface area (Å²) in [7, 11) is -3.63. The van der Waals surface area contributed by atoms with Gasteiger partial charge in [-0.3, -0.25) is 9.36 Å². The first kappa shape index (κ1) is 24.1. The lowest BCUT2D eigenvalue weighted by atomic mass is 9.96. The molecule has 0 spiro atoms. The van der Waals surface area contributed by atoms with Crippen LogP contribution in [0.4, 0.5) is 5.82 Å². The summed E-state index contributed by atoms with van der Waals surface area (Å²) < 4.78 is 32.6. The first-order chi connectivity index (χ1) is 16.3. The van der Waals surface area contributed by atoms with Gasteiger partial charge in [-0.1, -0.05) is 18.2 Å². The van der Waals surface area contributed by atoms with Gasteiger partial charge in [0, 0.05) is 0 Å². The number of carbonyl (C=O) groups is 1. The molecule has 0 radical (unpaired) electrons. The van der Waals surface area contributed by atoms with E-state index < -0.39 is 19.5 Å². The Balaban J connectivity index is 1.42. The number of nitrogen functional groups attached to an aromatic ring is 1. The van der Waals surface area contributed by atoms with Gasteiger partial charge in [0.1, 0.15) is 36.1 Å². The van der Waals surface area contributed by atoms with E-state index in [1.807, 2.05) is 13.0 Å². The van der Waals surface area contributed by atoms with Crippen molar-refractivity contribution in [1.82, 2.24) is 24.6 Å². The monoisotopic (exact) mass is 488 g/mol. The van der Waals surface area contributed by atoms with Crippen molar-refractivity contribution < 1.29 is 23.4 Å². The molecule has 34 heavy (non-hydrogen) atoms. The number of imidazole rings is 1. The van der Waals surface area contributed by atoms with Crippen molar-refractivity contribution >= 4 is 30.5 Å². The molecule has 12 heteroatoms. The lowest BCUT2D eigenvalue weighted by Gasteiger charge is -2.28. The minimum atomic E-state index is -3.63. The molecule has 1 aromatic carbocycles. The number of nitrogens with zero attached hydrogens (tertiary/aromatic N) is 4. The van der Waals surface area contributed by atoms with Gasteiger partial charge in [0.25, 0.3) is 0 Å². The Morgan fingerprint density at radius 3 is 2.71 bits per heavy atom. The van der Waals surface area contributed by atoms with E-state index in [4.69, 9.17) is 19.7 Å². The summed E-state index contributed by atoms with van der Waals surface area (Å²) >= 11 is 0. The van der Waals surface area contributed by atoms with E-state index in [1.165, 1.54) is 6.33 Å². The number of ether oxygens (including phenoxy) is 2. The maximum Gasteiger partial charge on any atom is 0.342 e. The number of aromatic nitrogens is 4. The third-order valence-corrected chi connectivity index (χ3v) is 7.26. The summed E-state index contributed by atoms with van der Waals surface area (Å²) in [5, 5.41) is 2.82. The van der Waals surface area contributed by atoms with Crippen molar-refractivity contribution in [3.8, 4) is 5.75 Å². The smallest absolute Gasteiger partial charge is 0.342 e. The summed E-state index contributed by atoms with van der Waals surface area (Å²) in [6.45, 7) is 3.82. The van der Waals surface area contributed by atoms with Gasteiger partial charge in [-0.2, -0.15) is 0 Å². The number of hydrogen-bond donors (Lipinski definition) is 2. The van der Waals surface area contributed by atoms with Gasteiger partial charge in [0.15, 0.2) is 11.5 Å². The van der Waals surface area contributed by atoms with E-state index in [9.17, 15) is 9.36 Å². The molecule has 11 nitrogen and oxygen atoms in total. The fraction of sp³-hybridized carbons (Fsp3) is 0.455. The minimum absolute atomic E-state index is 0.0645. The molecule has 1 fully saturated rings. The highest BCUT2D eigenvalue weighted by Gasteiger charge is 2.33. The summed E-state index contributed by atoms with van der Waals surface area (Å²) in [6, 6.07) is 7.93. The number of benzene rings is 1. The molecule has 0 bridgehead atoms. The molecule has 2 heterocycles. The highest BCUT2D eigenvalue weighted by Crippen LogP contribution is 2.44. The normalized spacial score (nSPS) is 17.5. The van der Waals surface area contributed by atoms with E-state index >= 15 is 0 Å². The van der Waals surface area contributed by atoms with E-state index in [-0.39, 0.29) is 18.6 Å². The van der Waals surface area contributed by atoms with Crippen molar-refractivity contribution in [3.63, 3.8) is 0 Å². The predicted molar refractivity (Wildman–Crippen MR) is 126 cm³/mol. The number of anilines is 1. The maximum atomic E-state index is 13.7. The Bertz CT molecular complexity index is 1170. The standard InChI is InChI=1S/C22H29N6O5P/c1-15(11-28-13-26-19-20(23)24-12-25-21(19)28)31-14-34(30,33-18-7-4-3-5-8-18)27-16(2)22(29)32-17-9-6-10-17/h3-5,7-8,12-13,15-17H,6,9-11,14H2,1-2H3,(H,27,30)(H2,23,24,25)/t15-,16?,34?/m1/s1. The Morgan fingerprint density at radius 2 is 2.00 bits per heavy atom. The van der Waals surface area contributed by atoms with Gasteiger partial charge in [0.05, 0.1) is 19.0 Å². The molecule has 1 saturated carbocycles. The van der Waals surface area contributed by atoms with Crippen LogP contribution in [0.2, 0.25) is 0 Å². The molecule has 2 unspecified atom stereocenters. The minimum Gasteiger partial charge on any atom is -0.461 e. The zero-order valence-electron chi connectivity index (χ0n) is 19.2. The summed E-state index contributed by atoms with van der Waals surface area (Å²) in [4.78, 5) is 24.8. The van der Waals surface area contributed by atoms with Crippen LogP contribution in [0.15, 0.2) is 43.0 Å². The van der Waals surface area contributed by atoms with Crippen LogP contribution >= 0.6 is 7.52 Å². The molecular weight excluding hydrogens is 459 g/mol. The quantitative estimate of drug-likeness (QED) is 0.305. The molecule has 3 atom stereocenters. The molecule has 0 amide bonds. The van der Waals surface area contributed by atoms with E-state index in [0.29, 0.717) is 29.3 Å². The Kier molecular flexibility index (Phi) is 7.45. The maximum absolute atomic E-state index is 13.7. The van der Waals surface area contributed by atoms with Gasteiger partial charge in [-0.15, -0.1) is 0 Å². The second-order valence-corrected chi connectivity index (χ2v) is 10.4. The Labute approximate surface area is 197 Å². The SMILES string of the molecule is CC(NP(=O)(CO[C@H](C)Cn1cnc2c(N)ncnc21)Oc1ccccc1)C(=O)OC1CCC1. The molecule has 1 aliphatic rings. The first-order valence-corrected chi connectivity index (χ1v) is 13.0. The van der Waals surface area contributed by atoms with E-state index in [0.717, 1.165) is 19.3 Å². The predicted octanol–water partition coefficient (Wildman–Crippen LogP) is 3.12. The molecule has 1 aliphatic carbocycles. The van der Waals surface area contributed by atoms with Gasteiger partial charge < -0.3 is 24.3 Å². The van der Waals surface area contributed by atoms with Crippen LogP contribution < -0.4 is 15.3 Å². The molecule has 0 saturated heterocycles. The van der Waals surface area contributed by atoms with Gasteiger partial charge >= 0.3 is 13.5 Å². The topological polar surface area (TPSA) is 143 Å². The third kappa shape index (κ3) is 5.91. The van der Waals surface area contributed by atoms with Gasteiger partial charge in [-0.05, 0) is 45.2 Å². The van der Waals surface area contributed by atoms with E-state index in [1.54, 1.807) is 42.1 Å². The molecule has 0 aliphatic heterocycles. The number of esters is 1. The van der Waals surface area contributed by atoms with Gasteiger partial charge in [-0.25, -0.2) is 20.0 Å². The lowest BCUT2D eigenvalue weighted by Crippen LogP contribution is -2.39. The second kappa shape index (κ2) is 10.5. The molecule has 182 valence electrons. The molecule has 3 N–H and O–H groups in total. The highest BCUT2D eigenvalue weighted by molar-refractivity contribution is 7.57. The van der Waals surface area contributed by atoms with Crippen LogP contribution in [-0.2, 0) is 25.4 Å². The van der Waals surface area contributed by atoms with Crippen LogP contribution in [0.3, 0.4) is 0 Å². The zero-order valence-corrected chi connectivity index (χ0v) is 20.1. The van der Waals surface area contributed by atoms with Crippen LogP contribution in [0.5, 0.6) is 5.75 Å². The zero-order chi connectivity index (χ0) is 24.1. The molecular formula is C22H29N6O5P. The summed E-state index contributed by atoms with van der Waals surface area (Å²) in [6.07, 6.45) is 5.04. The number of para-hydroxylation sites is 1. The summed E-state index contributed by atoms with van der Waals surface area (Å²) in [5.74, 6) is 0.240. The Hall–Kier alpha value is -3.01. The number of nitrogens with two attached hydrogens (primary N) is 1. The fourth-order valence-corrected chi connectivity index (χ4v) is 5.22. The molecule has 3 aromatic rings. The number of rotatable bonds is 11. The first-order valence-electron chi connectivity index (χ1n) is 11.2. The number of nitrogens with one attached hydrogen (secondary N) is 1.